The molecular formula is C17H28N2O3. The van der Waals surface area contributed by atoms with Crippen LogP contribution in [0, 0.1) is 23.2 Å². The third-order valence-electron chi connectivity index (χ3n) is 6.25. The molecule has 4 bridgehead atoms. The molecule has 4 aliphatic rings. The maximum atomic E-state index is 12.2. The Labute approximate surface area is 132 Å². The van der Waals surface area contributed by atoms with Crippen LogP contribution in [0.2, 0.25) is 0 Å². The fraction of sp³-hybridized carbons (Fsp3) is 0.882. The van der Waals surface area contributed by atoms with Crippen molar-refractivity contribution in [1.29, 1.82) is 0 Å². The second-order valence-corrected chi connectivity index (χ2v) is 7.90. The maximum Gasteiger partial charge on any atom is 0.409 e. The summed E-state index contributed by atoms with van der Waals surface area (Å²) in [6, 6.07) is 0.194. The lowest BCUT2D eigenvalue weighted by Gasteiger charge is -2.59. The van der Waals surface area contributed by atoms with Crippen molar-refractivity contribution in [3.8, 4) is 0 Å². The topological polar surface area (TPSA) is 58.6 Å². The molecule has 4 saturated carbocycles. The van der Waals surface area contributed by atoms with E-state index in [1.165, 1.54) is 50.5 Å². The molecule has 0 saturated heterocycles. The molecule has 4 aliphatic carbocycles. The monoisotopic (exact) mass is 308 g/mol. The SMILES string of the molecule is COC(=O)N(C)CC(=O)NC(C)C12CC3CC(CC(C3)C1)C2. The number of nitrogens with zero attached hydrogens (tertiary/aromatic N) is 1. The third kappa shape index (κ3) is 2.82. The number of ether oxygens (including phenoxy) is 1. The number of likely N-dealkylation sites (N-methyl/N-ethyl adjacent to an activating group) is 1. The lowest BCUT2D eigenvalue weighted by atomic mass is 9.48. The van der Waals surface area contributed by atoms with Crippen molar-refractivity contribution < 1.29 is 14.3 Å². The lowest BCUT2D eigenvalue weighted by molar-refractivity contribution is -0.126. The molecule has 0 aromatic carbocycles. The highest BCUT2D eigenvalue weighted by Crippen LogP contribution is 2.61. The predicted octanol–water partition coefficient (Wildman–Crippen LogP) is 2.41. The van der Waals surface area contributed by atoms with E-state index in [2.05, 4.69) is 17.0 Å². The van der Waals surface area contributed by atoms with Crippen LogP contribution >= 0.6 is 0 Å². The predicted molar refractivity (Wildman–Crippen MR) is 83.2 cm³/mol. The van der Waals surface area contributed by atoms with Crippen LogP contribution in [-0.4, -0.2) is 43.6 Å². The first-order valence-electron chi connectivity index (χ1n) is 8.50. The summed E-state index contributed by atoms with van der Waals surface area (Å²) in [6.45, 7) is 2.21. The third-order valence-corrected chi connectivity index (χ3v) is 6.25. The Morgan fingerprint density at radius 1 is 1.18 bits per heavy atom. The van der Waals surface area contributed by atoms with Crippen LogP contribution in [0.15, 0.2) is 0 Å². The molecule has 2 amide bonds. The van der Waals surface area contributed by atoms with E-state index in [4.69, 9.17) is 0 Å². The molecule has 0 aromatic heterocycles. The minimum absolute atomic E-state index is 0.0589. The van der Waals surface area contributed by atoms with Crippen molar-refractivity contribution in [3.05, 3.63) is 0 Å². The van der Waals surface area contributed by atoms with Crippen LogP contribution in [0.25, 0.3) is 0 Å². The van der Waals surface area contributed by atoms with E-state index >= 15 is 0 Å². The van der Waals surface area contributed by atoms with E-state index < -0.39 is 6.09 Å². The second kappa shape index (κ2) is 5.74. The van der Waals surface area contributed by atoms with Crippen LogP contribution < -0.4 is 5.32 Å². The highest BCUT2D eigenvalue weighted by molar-refractivity contribution is 5.82. The second-order valence-electron chi connectivity index (χ2n) is 7.90. The first kappa shape index (κ1) is 15.6. The van der Waals surface area contributed by atoms with Gasteiger partial charge in [-0.15, -0.1) is 0 Å². The van der Waals surface area contributed by atoms with E-state index in [0.717, 1.165) is 17.8 Å². The summed E-state index contributed by atoms with van der Waals surface area (Å²) in [4.78, 5) is 24.9. The quantitative estimate of drug-likeness (QED) is 0.867. The Kier molecular flexibility index (Phi) is 4.08. The molecule has 0 aromatic rings. The van der Waals surface area contributed by atoms with Gasteiger partial charge in [-0.05, 0) is 68.6 Å². The van der Waals surface area contributed by atoms with Crippen LogP contribution in [0.3, 0.4) is 0 Å². The van der Waals surface area contributed by atoms with E-state index in [1.807, 2.05) is 0 Å². The molecule has 124 valence electrons. The molecule has 0 spiro atoms. The van der Waals surface area contributed by atoms with Gasteiger partial charge in [0.15, 0.2) is 0 Å². The molecule has 4 fully saturated rings. The van der Waals surface area contributed by atoms with Gasteiger partial charge >= 0.3 is 6.09 Å². The largest absolute Gasteiger partial charge is 0.453 e. The Hall–Kier alpha value is -1.26. The summed E-state index contributed by atoms with van der Waals surface area (Å²) in [7, 11) is 2.91. The zero-order valence-electron chi connectivity index (χ0n) is 13.9. The normalized spacial score (nSPS) is 36.8. The minimum atomic E-state index is -0.474. The molecule has 1 unspecified atom stereocenters. The van der Waals surface area contributed by atoms with Gasteiger partial charge in [0.2, 0.25) is 5.91 Å². The fourth-order valence-corrected chi connectivity index (χ4v) is 5.58. The van der Waals surface area contributed by atoms with Crippen molar-refractivity contribution in [2.45, 2.75) is 51.5 Å². The zero-order chi connectivity index (χ0) is 15.9. The van der Waals surface area contributed by atoms with Crippen molar-refractivity contribution in [3.63, 3.8) is 0 Å². The molecule has 0 radical (unpaired) electrons. The molecule has 1 N–H and O–H groups in total. The Morgan fingerprint density at radius 3 is 2.14 bits per heavy atom. The van der Waals surface area contributed by atoms with Crippen molar-refractivity contribution in [1.82, 2.24) is 10.2 Å². The molecular weight excluding hydrogens is 280 g/mol. The number of hydrogen-bond acceptors (Lipinski definition) is 3. The van der Waals surface area contributed by atoms with E-state index in [1.54, 1.807) is 7.05 Å². The molecule has 4 rings (SSSR count). The lowest BCUT2D eigenvalue weighted by Crippen LogP contribution is -2.56. The Balaban J connectivity index is 1.59. The number of methoxy groups -OCH3 is 1. The molecule has 22 heavy (non-hydrogen) atoms. The summed E-state index contributed by atoms with van der Waals surface area (Å²) < 4.78 is 4.63. The van der Waals surface area contributed by atoms with Crippen LogP contribution in [0.4, 0.5) is 4.79 Å². The van der Waals surface area contributed by atoms with Crippen molar-refractivity contribution in [2.24, 2.45) is 23.2 Å². The number of carbonyl (C=O) groups is 2. The highest BCUT2D eigenvalue weighted by atomic mass is 16.5. The van der Waals surface area contributed by atoms with Gasteiger partial charge in [-0.1, -0.05) is 0 Å². The zero-order valence-corrected chi connectivity index (χ0v) is 13.9. The number of hydrogen-bond donors (Lipinski definition) is 1. The van der Waals surface area contributed by atoms with Crippen molar-refractivity contribution in [2.75, 3.05) is 20.7 Å². The molecule has 0 aliphatic heterocycles. The van der Waals surface area contributed by atoms with E-state index in [0.29, 0.717) is 5.41 Å². The van der Waals surface area contributed by atoms with Crippen molar-refractivity contribution >= 4 is 12.0 Å². The first-order valence-corrected chi connectivity index (χ1v) is 8.50. The van der Waals surface area contributed by atoms with E-state index in [-0.39, 0.29) is 18.5 Å². The van der Waals surface area contributed by atoms with Gasteiger partial charge < -0.3 is 15.0 Å². The summed E-state index contributed by atoms with van der Waals surface area (Å²) in [5.41, 5.74) is 0.300. The summed E-state index contributed by atoms with van der Waals surface area (Å²) in [5, 5.41) is 3.16. The number of nitrogens with one attached hydrogen (secondary N) is 1. The van der Waals surface area contributed by atoms with Gasteiger partial charge in [-0.3, -0.25) is 4.79 Å². The Bertz CT molecular complexity index is 428. The smallest absolute Gasteiger partial charge is 0.409 e. The highest BCUT2D eigenvalue weighted by Gasteiger charge is 2.53. The number of rotatable bonds is 4. The number of carbonyl (C=O) groups excluding carboxylic acids is 2. The molecule has 5 heteroatoms. The van der Waals surface area contributed by atoms with Gasteiger partial charge in [-0.25, -0.2) is 4.79 Å². The van der Waals surface area contributed by atoms with Gasteiger partial charge in [-0.2, -0.15) is 0 Å². The molecule has 0 heterocycles. The van der Waals surface area contributed by atoms with Gasteiger partial charge in [0.25, 0.3) is 0 Å². The van der Waals surface area contributed by atoms with Gasteiger partial charge in [0, 0.05) is 13.1 Å². The standard InChI is InChI=1S/C17H28N2O3/c1-11(18-15(20)10-19(2)16(21)22-3)17-7-12-4-13(8-17)6-14(5-12)9-17/h11-14H,4-10H2,1-3H3,(H,18,20). The Morgan fingerprint density at radius 2 is 1.68 bits per heavy atom. The van der Waals surface area contributed by atoms with Crippen LogP contribution in [0.5, 0.6) is 0 Å². The average Bonchev–Trinajstić information content (AvgIpc) is 2.44. The minimum Gasteiger partial charge on any atom is -0.453 e. The van der Waals surface area contributed by atoms with E-state index in [9.17, 15) is 9.59 Å². The first-order chi connectivity index (χ1) is 10.4. The van der Waals surface area contributed by atoms with Crippen LogP contribution in [-0.2, 0) is 9.53 Å². The summed E-state index contributed by atoms with van der Waals surface area (Å²) in [6.07, 6.45) is 7.56. The average molecular weight is 308 g/mol. The summed E-state index contributed by atoms with van der Waals surface area (Å²) in [5.74, 6) is 2.55. The maximum absolute atomic E-state index is 12.2. The van der Waals surface area contributed by atoms with Crippen LogP contribution in [0.1, 0.15) is 45.4 Å². The summed E-state index contributed by atoms with van der Waals surface area (Å²) >= 11 is 0. The number of amides is 2. The molecule has 1 atom stereocenters. The van der Waals surface area contributed by atoms with Gasteiger partial charge in [0.1, 0.15) is 6.54 Å². The molecule has 5 nitrogen and oxygen atoms in total. The fourth-order valence-electron chi connectivity index (χ4n) is 5.58. The van der Waals surface area contributed by atoms with Gasteiger partial charge in [0.05, 0.1) is 7.11 Å².